The highest BCUT2D eigenvalue weighted by Gasteiger charge is 2.35. The summed E-state index contributed by atoms with van der Waals surface area (Å²) in [6.45, 7) is 5.24. The van der Waals surface area contributed by atoms with Crippen molar-refractivity contribution in [2.45, 2.75) is 6.54 Å². The fourth-order valence-electron chi connectivity index (χ4n) is 4.29. The van der Waals surface area contributed by atoms with E-state index in [4.69, 9.17) is 0 Å². The van der Waals surface area contributed by atoms with Gasteiger partial charge in [-0.15, -0.1) is 0 Å². The summed E-state index contributed by atoms with van der Waals surface area (Å²) < 4.78 is 13.3. The standard InChI is InChI=1S/C26H25FN4O/c27-21-10-12-22(13-11-21)28-25-23-8-4-5-9-24(23)31(26(25)32)19-30-16-14-29(15-17-30)18-20-6-2-1-3-7-20/h1-13H,14-19H2. The van der Waals surface area contributed by atoms with Gasteiger partial charge in [-0.3, -0.25) is 19.5 Å². The highest BCUT2D eigenvalue weighted by molar-refractivity contribution is 6.54. The molecule has 3 aromatic rings. The molecule has 0 unspecified atom stereocenters. The van der Waals surface area contributed by atoms with Gasteiger partial charge < -0.3 is 0 Å². The first-order chi connectivity index (χ1) is 15.7. The molecule has 0 bridgehead atoms. The van der Waals surface area contributed by atoms with Crippen molar-refractivity contribution in [1.29, 1.82) is 0 Å². The molecule has 162 valence electrons. The number of hydrogen-bond acceptors (Lipinski definition) is 4. The Morgan fingerprint density at radius 3 is 2.19 bits per heavy atom. The Hall–Kier alpha value is -3.35. The maximum Gasteiger partial charge on any atom is 0.278 e. The van der Waals surface area contributed by atoms with E-state index in [9.17, 15) is 9.18 Å². The van der Waals surface area contributed by atoms with Gasteiger partial charge in [0, 0.05) is 38.3 Å². The molecule has 3 aromatic carbocycles. The summed E-state index contributed by atoms with van der Waals surface area (Å²) in [5.74, 6) is -0.428. The number of piperazine rings is 1. The van der Waals surface area contributed by atoms with E-state index in [2.05, 4.69) is 39.1 Å². The van der Waals surface area contributed by atoms with E-state index < -0.39 is 0 Å². The van der Waals surface area contributed by atoms with Crippen LogP contribution in [-0.2, 0) is 11.3 Å². The van der Waals surface area contributed by atoms with Crippen LogP contribution in [0.1, 0.15) is 11.1 Å². The summed E-state index contributed by atoms with van der Waals surface area (Å²) in [5.41, 5.74) is 4.01. The highest BCUT2D eigenvalue weighted by Crippen LogP contribution is 2.31. The van der Waals surface area contributed by atoms with Crippen molar-refractivity contribution in [3.63, 3.8) is 0 Å². The van der Waals surface area contributed by atoms with E-state index in [-0.39, 0.29) is 11.7 Å². The SMILES string of the molecule is O=C1C(=Nc2ccc(F)cc2)c2ccccc2N1CN1CCN(Cc2ccccc2)CC1. The molecule has 0 atom stereocenters. The molecule has 0 aromatic heterocycles. The van der Waals surface area contributed by atoms with Gasteiger partial charge in [0.2, 0.25) is 0 Å². The third kappa shape index (κ3) is 4.33. The van der Waals surface area contributed by atoms with E-state index in [1.165, 1.54) is 17.7 Å². The monoisotopic (exact) mass is 428 g/mol. The maximum absolute atomic E-state index is 13.3. The fraction of sp³-hybridized carbons (Fsp3) is 0.231. The van der Waals surface area contributed by atoms with Crippen LogP contribution in [0.2, 0.25) is 0 Å². The lowest BCUT2D eigenvalue weighted by Gasteiger charge is -2.36. The highest BCUT2D eigenvalue weighted by atomic mass is 19.1. The number of benzene rings is 3. The minimum absolute atomic E-state index is 0.109. The number of fused-ring (bicyclic) bond motifs is 1. The van der Waals surface area contributed by atoms with Crippen LogP contribution in [0.25, 0.3) is 0 Å². The molecule has 0 aliphatic carbocycles. The van der Waals surface area contributed by atoms with Crippen LogP contribution in [-0.4, -0.2) is 54.3 Å². The quantitative estimate of drug-likeness (QED) is 0.615. The third-order valence-corrected chi connectivity index (χ3v) is 6.02. The minimum Gasteiger partial charge on any atom is -0.297 e. The molecule has 2 aliphatic rings. The average Bonchev–Trinajstić information content (AvgIpc) is 3.08. The minimum atomic E-state index is -0.319. The van der Waals surface area contributed by atoms with E-state index >= 15 is 0 Å². The van der Waals surface area contributed by atoms with E-state index in [1.807, 2.05) is 35.2 Å². The Kier molecular flexibility index (Phi) is 5.79. The number of para-hydroxylation sites is 1. The molecule has 2 aliphatic heterocycles. The normalized spacial score (nSPS) is 18.3. The molecule has 5 rings (SSSR count). The number of anilines is 1. The van der Waals surface area contributed by atoms with Gasteiger partial charge in [0.1, 0.15) is 11.5 Å². The van der Waals surface area contributed by atoms with Crippen molar-refractivity contribution in [2.24, 2.45) is 4.99 Å². The molecular formula is C26H25FN4O. The molecule has 1 fully saturated rings. The van der Waals surface area contributed by atoms with Gasteiger partial charge in [0.05, 0.1) is 18.0 Å². The second-order valence-electron chi connectivity index (χ2n) is 8.21. The van der Waals surface area contributed by atoms with Crippen LogP contribution < -0.4 is 4.90 Å². The van der Waals surface area contributed by atoms with Gasteiger partial charge >= 0.3 is 0 Å². The Morgan fingerprint density at radius 1 is 0.781 bits per heavy atom. The molecular weight excluding hydrogens is 403 g/mol. The van der Waals surface area contributed by atoms with Gasteiger partial charge in [-0.25, -0.2) is 9.38 Å². The summed E-state index contributed by atoms with van der Waals surface area (Å²) in [5, 5.41) is 0. The van der Waals surface area contributed by atoms with Crippen molar-refractivity contribution in [1.82, 2.24) is 9.80 Å². The summed E-state index contributed by atoms with van der Waals surface area (Å²) >= 11 is 0. The van der Waals surface area contributed by atoms with Crippen LogP contribution >= 0.6 is 0 Å². The molecule has 0 spiro atoms. The fourth-order valence-corrected chi connectivity index (χ4v) is 4.29. The Morgan fingerprint density at radius 2 is 1.44 bits per heavy atom. The molecule has 1 amide bonds. The largest absolute Gasteiger partial charge is 0.297 e. The van der Waals surface area contributed by atoms with Crippen LogP contribution in [0, 0.1) is 5.82 Å². The second kappa shape index (κ2) is 9.02. The van der Waals surface area contributed by atoms with Crippen molar-refractivity contribution in [3.8, 4) is 0 Å². The summed E-state index contributed by atoms with van der Waals surface area (Å²) in [4.78, 5) is 24.4. The topological polar surface area (TPSA) is 39.2 Å². The van der Waals surface area contributed by atoms with Gasteiger partial charge in [-0.05, 0) is 35.9 Å². The predicted octanol–water partition coefficient (Wildman–Crippen LogP) is 4.07. The summed E-state index contributed by atoms with van der Waals surface area (Å²) in [7, 11) is 0. The smallest absolute Gasteiger partial charge is 0.278 e. The number of halogens is 1. The number of carbonyl (C=O) groups is 1. The second-order valence-corrected chi connectivity index (χ2v) is 8.21. The van der Waals surface area contributed by atoms with Crippen molar-refractivity contribution in [3.05, 3.63) is 95.8 Å². The van der Waals surface area contributed by atoms with Crippen molar-refractivity contribution >= 4 is 23.0 Å². The Balaban J connectivity index is 1.28. The molecule has 2 heterocycles. The van der Waals surface area contributed by atoms with Crippen LogP contribution in [0.3, 0.4) is 0 Å². The van der Waals surface area contributed by atoms with Gasteiger partial charge in [0.25, 0.3) is 5.91 Å². The van der Waals surface area contributed by atoms with Gasteiger partial charge in [-0.1, -0.05) is 48.5 Å². The summed E-state index contributed by atoms with van der Waals surface area (Å²) in [6, 6.07) is 24.2. The molecule has 6 heteroatoms. The molecule has 1 saturated heterocycles. The number of rotatable bonds is 5. The van der Waals surface area contributed by atoms with Crippen LogP contribution in [0.4, 0.5) is 15.8 Å². The number of hydrogen-bond donors (Lipinski definition) is 0. The third-order valence-electron chi connectivity index (χ3n) is 6.02. The lowest BCUT2D eigenvalue weighted by atomic mass is 10.1. The molecule has 0 radical (unpaired) electrons. The first kappa shape index (κ1) is 20.5. The van der Waals surface area contributed by atoms with Gasteiger partial charge in [0.15, 0.2) is 0 Å². The first-order valence-corrected chi connectivity index (χ1v) is 10.9. The molecule has 0 saturated carbocycles. The zero-order chi connectivity index (χ0) is 21.9. The number of amides is 1. The van der Waals surface area contributed by atoms with Gasteiger partial charge in [-0.2, -0.15) is 0 Å². The Bertz CT molecular complexity index is 1120. The first-order valence-electron chi connectivity index (χ1n) is 10.9. The van der Waals surface area contributed by atoms with E-state index in [0.717, 1.165) is 44.0 Å². The maximum atomic E-state index is 13.3. The van der Waals surface area contributed by atoms with Crippen LogP contribution in [0.5, 0.6) is 0 Å². The van der Waals surface area contributed by atoms with Crippen LogP contribution in [0.15, 0.2) is 83.9 Å². The number of nitrogens with zero attached hydrogens (tertiary/aromatic N) is 4. The van der Waals surface area contributed by atoms with Crippen molar-refractivity contribution < 1.29 is 9.18 Å². The molecule has 5 nitrogen and oxygen atoms in total. The number of aliphatic imine (C=N–C) groups is 1. The zero-order valence-electron chi connectivity index (χ0n) is 17.8. The molecule has 32 heavy (non-hydrogen) atoms. The predicted molar refractivity (Wildman–Crippen MR) is 125 cm³/mol. The Labute approximate surface area is 187 Å². The van der Waals surface area contributed by atoms with Crippen molar-refractivity contribution in [2.75, 3.05) is 37.7 Å². The van der Waals surface area contributed by atoms with E-state index in [1.54, 1.807) is 12.1 Å². The molecule has 0 N–H and O–H groups in total. The summed E-state index contributed by atoms with van der Waals surface area (Å²) in [6.07, 6.45) is 0. The zero-order valence-corrected chi connectivity index (χ0v) is 17.8. The van der Waals surface area contributed by atoms with E-state index in [0.29, 0.717) is 18.1 Å². The number of carbonyl (C=O) groups excluding carboxylic acids is 1. The lowest BCUT2D eigenvalue weighted by Crippen LogP contribution is -2.50. The lowest BCUT2D eigenvalue weighted by molar-refractivity contribution is -0.112. The average molecular weight is 429 g/mol.